The van der Waals surface area contributed by atoms with Crippen molar-refractivity contribution in [3.63, 3.8) is 0 Å². The van der Waals surface area contributed by atoms with Gasteiger partial charge in [-0.2, -0.15) is 0 Å². The Balaban J connectivity index is 2.03. The topological polar surface area (TPSA) is 41.1 Å². The summed E-state index contributed by atoms with van der Waals surface area (Å²) in [5, 5.41) is 6.58. The lowest BCUT2D eigenvalue weighted by molar-refractivity contribution is 0.0977. The highest BCUT2D eigenvalue weighted by molar-refractivity contribution is 14.1. The minimum atomic E-state index is -0.268. The molecule has 0 fully saturated rings. The average molecular weight is 465 g/mol. The summed E-state index contributed by atoms with van der Waals surface area (Å²) < 4.78 is 1.02. The van der Waals surface area contributed by atoms with Crippen LogP contribution in [-0.4, -0.2) is 11.0 Å². The van der Waals surface area contributed by atoms with Crippen molar-refractivity contribution >= 4 is 74.7 Å². The molecule has 0 spiro atoms. The number of carbonyl (C=O) groups excluding carboxylic acids is 1. The maximum absolute atomic E-state index is 12.1. The van der Waals surface area contributed by atoms with Crippen LogP contribution in [-0.2, 0) is 0 Å². The van der Waals surface area contributed by atoms with E-state index in [4.69, 9.17) is 35.4 Å². The first-order chi connectivity index (χ1) is 10.4. The Bertz CT molecular complexity index is 752. The number of amides is 1. The number of aryl methyl sites for hydroxylation is 1. The van der Waals surface area contributed by atoms with Crippen LogP contribution in [0.5, 0.6) is 0 Å². The molecule has 1 amide bonds. The van der Waals surface area contributed by atoms with Crippen molar-refractivity contribution < 1.29 is 4.79 Å². The number of thiocarbonyl (C=S) groups is 1. The fourth-order valence-electron chi connectivity index (χ4n) is 1.65. The summed E-state index contributed by atoms with van der Waals surface area (Å²) in [5.41, 5.74) is 2.32. The van der Waals surface area contributed by atoms with Crippen molar-refractivity contribution in [1.82, 2.24) is 5.32 Å². The molecule has 0 unspecified atom stereocenters. The largest absolute Gasteiger partial charge is 0.332 e. The van der Waals surface area contributed by atoms with E-state index in [-0.39, 0.29) is 11.0 Å². The smallest absolute Gasteiger partial charge is 0.257 e. The van der Waals surface area contributed by atoms with E-state index in [1.54, 1.807) is 24.3 Å². The molecule has 0 atom stereocenters. The summed E-state index contributed by atoms with van der Waals surface area (Å²) in [6, 6.07) is 10.5. The van der Waals surface area contributed by atoms with Crippen LogP contribution in [0.2, 0.25) is 10.0 Å². The van der Waals surface area contributed by atoms with E-state index in [1.807, 2.05) is 19.1 Å². The molecule has 0 radical (unpaired) electrons. The van der Waals surface area contributed by atoms with Gasteiger partial charge in [-0.15, -0.1) is 0 Å². The van der Waals surface area contributed by atoms with Crippen LogP contribution in [0.4, 0.5) is 5.69 Å². The van der Waals surface area contributed by atoms with E-state index >= 15 is 0 Å². The molecule has 3 nitrogen and oxygen atoms in total. The molecule has 2 N–H and O–H groups in total. The first-order valence-corrected chi connectivity index (χ1v) is 8.44. The van der Waals surface area contributed by atoms with E-state index < -0.39 is 0 Å². The van der Waals surface area contributed by atoms with Gasteiger partial charge in [0.05, 0.1) is 10.0 Å². The molecule has 0 saturated carbocycles. The molecule has 22 heavy (non-hydrogen) atoms. The fraction of sp³-hybridized carbons (Fsp3) is 0.0667. The fourth-order valence-corrected chi connectivity index (χ4v) is 2.67. The Labute approximate surface area is 157 Å². The third-order valence-electron chi connectivity index (χ3n) is 2.84. The molecule has 0 aromatic heterocycles. The van der Waals surface area contributed by atoms with Gasteiger partial charge < -0.3 is 5.32 Å². The van der Waals surface area contributed by atoms with Crippen molar-refractivity contribution in [3.05, 3.63) is 61.1 Å². The Morgan fingerprint density at radius 2 is 1.86 bits per heavy atom. The number of halogens is 3. The summed E-state index contributed by atoms with van der Waals surface area (Å²) in [4.78, 5) is 12.1. The highest BCUT2D eigenvalue weighted by atomic mass is 127. The Morgan fingerprint density at radius 1 is 1.14 bits per heavy atom. The Hall–Kier alpha value is -0.890. The normalized spacial score (nSPS) is 10.2. The number of nitrogens with one attached hydrogen (secondary N) is 2. The van der Waals surface area contributed by atoms with Gasteiger partial charge in [-0.1, -0.05) is 29.3 Å². The lowest BCUT2D eigenvalue weighted by Gasteiger charge is -2.10. The maximum atomic E-state index is 12.1. The molecule has 0 aliphatic heterocycles. The van der Waals surface area contributed by atoms with Crippen molar-refractivity contribution in [2.45, 2.75) is 6.92 Å². The van der Waals surface area contributed by atoms with Gasteiger partial charge in [0, 0.05) is 14.8 Å². The second kappa shape index (κ2) is 7.59. The molecule has 2 aromatic carbocycles. The van der Waals surface area contributed by atoms with Gasteiger partial charge in [-0.05, 0) is 77.6 Å². The highest BCUT2D eigenvalue weighted by Gasteiger charge is 2.09. The van der Waals surface area contributed by atoms with E-state index in [1.165, 1.54) is 0 Å². The highest BCUT2D eigenvalue weighted by Crippen LogP contribution is 2.24. The molecule has 7 heteroatoms. The minimum absolute atomic E-state index is 0.193. The molecule has 2 aromatic rings. The number of carbonyl (C=O) groups is 1. The van der Waals surface area contributed by atoms with Crippen molar-refractivity contribution in [2.24, 2.45) is 0 Å². The van der Waals surface area contributed by atoms with Gasteiger partial charge in [-0.25, -0.2) is 0 Å². The van der Waals surface area contributed by atoms with Gasteiger partial charge in [0.15, 0.2) is 5.11 Å². The minimum Gasteiger partial charge on any atom is -0.332 e. The second-order valence-electron chi connectivity index (χ2n) is 4.50. The zero-order chi connectivity index (χ0) is 16.3. The zero-order valence-electron chi connectivity index (χ0n) is 11.4. The van der Waals surface area contributed by atoms with Crippen LogP contribution in [0.25, 0.3) is 0 Å². The van der Waals surface area contributed by atoms with Gasteiger partial charge in [0.2, 0.25) is 0 Å². The zero-order valence-corrected chi connectivity index (χ0v) is 15.9. The number of hydrogen-bond acceptors (Lipinski definition) is 2. The maximum Gasteiger partial charge on any atom is 0.257 e. The van der Waals surface area contributed by atoms with Crippen LogP contribution < -0.4 is 10.6 Å². The quantitative estimate of drug-likeness (QED) is 0.483. The van der Waals surface area contributed by atoms with E-state index in [9.17, 15) is 4.79 Å². The Morgan fingerprint density at radius 3 is 2.50 bits per heavy atom. The molecule has 0 heterocycles. The van der Waals surface area contributed by atoms with Gasteiger partial charge >= 0.3 is 0 Å². The summed E-state index contributed by atoms with van der Waals surface area (Å²) in [6.45, 7) is 1.99. The summed E-state index contributed by atoms with van der Waals surface area (Å²) in [6.07, 6.45) is 0. The van der Waals surface area contributed by atoms with E-state index in [2.05, 4.69) is 33.2 Å². The standard InChI is InChI=1S/C15H11Cl2IN2OS/c1-8-2-3-9(6-13(8)18)14(21)20-15(22)19-10-4-5-11(16)12(17)7-10/h2-7H,1H3,(H2,19,20,21,22). The number of hydrogen-bond donors (Lipinski definition) is 2. The molecule has 0 saturated heterocycles. The predicted octanol–water partition coefficient (Wildman–Crippen LogP) is 5.03. The molecule has 0 aliphatic carbocycles. The van der Waals surface area contributed by atoms with Crippen molar-refractivity contribution in [3.8, 4) is 0 Å². The van der Waals surface area contributed by atoms with E-state index in [0.29, 0.717) is 21.3 Å². The molecular weight excluding hydrogens is 454 g/mol. The first-order valence-electron chi connectivity index (χ1n) is 6.20. The second-order valence-corrected chi connectivity index (χ2v) is 6.89. The summed E-state index contributed by atoms with van der Waals surface area (Å²) in [7, 11) is 0. The van der Waals surface area contributed by atoms with Crippen LogP contribution in [0.15, 0.2) is 36.4 Å². The monoisotopic (exact) mass is 464 g/mol. The summed E-state index contributed by atoms with van der Waals surface area (Å²) in [5.74, 6) is -0.268. The molecule has 2 rings (SSSR count). The van der Waals surface area contributed by atoms with Crippen molar-refractivity contribution in [1.29, 1.82) is 0 Å². The van der Waals surface area contributed by atoms with Gasteiger partial charge in [0.1, 0.15) is 0 Å². The van der Waals surface area contributed by atoms with Gasteiger partial charge in [-0.3, -0.25) is 10.1 Å². The van der Waals surface area contributed by atoms with E-state index in [0.717, 1.165) is 9.13 Å². The third-order valence-corrected chi connectivity index (χ3v) is 4.94. The summed E-state index contributed by atoms with van der Waals surface area (Å²) >= 11 is 19.1. The lowest BCUT2D eigenvalue weighted by Crippen LogP contribution is -2.34. The molecule has 0 bridgehead atoms. The predicted molar refractivity (Wildman–Crippen MR) is 104 cm³/mol. The molecule has 0 aliphatic rings. The SMILES string of the molecule is Cc1ccc(C(=O)NC(=S)Nc2ccc(Cl)c(Cl)c2)cc1I. The average Bonchev–Trinajstić information content (AvgIpc) is 2.45. The van der Waals surface area contributed by atoms with Crippen LogP contribution in [0.1, 0.15) is 15.9 Å². The van der Waals surface area contributed by atoms with Gasteiger partial charge in [0.25, 0.3) is 5.91 Å². The molecular formula is C15H11Cl2IN2OS. The number of benzene rings is 2. The van der Waals surface area contributed by atoms with Crippen molar-refractivity contribution in [2.75, 3.05) is 5.32 Å². The first kappa shape index (κ1) is 17.5. The van der Waals surface area contributed by atoms with Crippen LogP contribution in [0, 0.1) is 10.5 Å². The molecule has 114 valence electrons. The van der Waals surface area contributed by atoms with Crippen LogP contribution >= 0.6 is 58.0 Å². The number of rotatable bonds is 2. The number of anilines is 1. The van der Waals surface area contributed by atoms with Crippen LogP contribution in [0.3, 0.4) is 0 Å². The third kappa shape index (κ3) is 4.55. The lowest BCUT2D eigenvalue weighted by atomic mass is 10.1. The Kier molecular flexibility index (Phi) is 6.02.